The Hall–Kier alpha value is -3.02. The molecule has 0 saturated heterocycles. The minimum atomic E-state index is -0.978. The van der Waals surface area contributed by atoms with Crippen LogP contribution in [0.3, 0.4) is 0 Å². The van der Waals surface area contributed by atoms with Crippen molar-refractivity contribution in [3.8, 4) is 0 Å². The molecule has 1 N–H and O–H groups in total. The van der Waals surface area contributed by atoms with Gasteiger partial charge in [-0.05, 0) is 53.6 Å². The molecule has 1 aliphatic heterocycles. The number of hydrogen-bond donors (Lipinski definition) is 1. The Morgan fingerprint density at radius 2 is 1.79 bits per heavy atom. The lowest BCUT2D eigenvalue weighted by molar-refractivity contribution is -0.114. The Labute approximate surface area is 177 Å². The van der Waals surface area contributed by atoms with E-state index >= 15 is 0 Å². The van der Waals surface area contributed by atoms with Crippen LogP contribution in [-0.4, -0.2) is 17.0 Å². The lowest BCUT2D eigenvalue weighted by Gasteiger charge is -2.30. The molecule has 29 heavy (non-hydrogen) atoms. The zero-order chi connectivity index (χ0) is 20.4. The molecule has 1 heterocycles. The molecule has 6 heteroatoms. The van der Waals surface area contributed by atoms with E-state index in [9.17, 15) is 9.59 Å². The van der Waals surface area contributed by atoms with E-state index in [2.05, 4.69) is 0 Å². The fourth-order valence-electron chi connectivity index (χ4n) is 3.11. The molecule has 0 atom stereocenters. The highest BCUT2D eigenvalue weighted by atomic mass is 35.5. The van der Waals surface area contributed by atoms with E-state index in [0.29, 0.717) is 16.5 Å². The molecule has 4 nitrogen and oxygen atoms in total. The number of thioether (sulfide) groups is 1. The number of anilines is 1. The van der Waals surface area contributed by atoms with Crippen LogP contribution >= 0.6 is 23.4 Å². The number of hydrogen-bond acceptors (Lipinski definition) is 3. The summed E-state index contributed by atoms with van der Waals surface area (Å²) in [5, 5.41) is 9.68. The smallest absolute Gasteiger partial charge is 0.335 e. The molecule has 1 aliphatic rings. The van der Waals surface area contributed by atoms with Crippen LogP contribution in [0.1, 0.15) is 21.5 Å². The van der Waals surface area contributed by atoms with E-state index < -0.39 is 5.97 Å². The quantitative estimate of drug-likeness (QED) is 0.547. The third kappa shape index (κ3) is 4.21. The zero-order valence-electron chi connectivity index (χ0n) is 15.2. The highest BCUT2D eigenvalue weighted by Crippen LogP contribution is 2.42. The van der Waals surface area contributed by atoms with Gasteiger partial charge in [0, 0.05) is 9.92 Å². The number of nitrogens with zero attached hydrogens (tertiary/aromatic N) is 1. The summed E-state index contributed by atoms with van der Waals surface area (Å²) in [6, 6.07) is 21.7. The minimum absolute atomic E-state index is 0.101. The van der Waals surface area contributed by atoms with Gasteiger partial charge in [0.15, 0.2) is 0 Å². The number of fused-ring (bicyclic) bond motifs is 1. The van der Waals surface area contributed by atoms with Crippen molar-refractivity contribution in [1.82, 2.24) is 0 Å². The SMILES string of the molecule is O=C(O)c1ccc(/C=C2\Sc3ccccc3N(Cc3cccc(Cl)c3)C2=O)cc1. The average molecular weight is 422 g/mol. The summed E-state index contributed by atoms with van der Waals surface area (Å²) < 4.78 is 0. The molecule has 1 amide bonds. The zero-order valence-corrected chi connectivity index (χ0v) is 16.8. The molecule has 0 bridgehead atoms. The molecular formula is C23H16ClNO3S. The number of benzene rings is 3. The third-order valence-electron chi connectivity index (χ3n) is 4.52. The van der Waals surface area contributed by atoms with E-state index in [0.717, 1.165) is 21.7 Å². The molecule has 0 aliphatic carbocycles. The predicted molar refractivity (Wildman–Crippen MR) is 116 cm³/mol. The van der Waals surface area contributed by atoms with Crippen molar-refractivity contribution in [2.45, 2.75) is 11.4 Å². The third-order valence-corrected chi connectivity index (χ3v) is 5.83. The van der Waals surface area contributed by atoms with Crippen molar-refractivity contribution in [3.05, 3.63) is 99.4 Å². The fraction of sp³-hybridized carbons (Fsp3) is 0.0435. The van der Waals surface area contributed by atoms with Gasteiger partial charge in [0.1, 0.15) is 0 Å². The van der Waals surface area contributed by atoms with Crippen LogP contribution in [0, 0.1) is 0 Å². The molecule has 0 saturated carbocycles. The van der Waals surface area contributed by atoms with Gasteiger partial charge in [-0.3, -0.25) is 4.79 Å². The van der Waals surface area contributed by atoms with Crippen molar-refractivity contribution >= 4 is 47.0 Å². The van der Waals surface area contributed by atoms with Crippen molar-refractivity contribution in [2.24, 2.45) is 0 Å². The molecule has 0 fully saturated rings. The van der Waals surface area contributed by atoms with Gasteiger partial charge in [0.05, 0.1) is 22.7 Å². The van der Waals surface area contributed by atoms with Gasteiger partial charge in [-0.1, -0.05) is 59.8 Å². The predicted octanol–water partition coefficient (Wildman–Crippen LogP) is 5.72. The molecule has 3 aromatic rings. The first-order valence-corrected chi connectivity index (χ1v) is 10.1. The Bertz CT molecular complexity index is 1120. The first kappa shape index (κ1) is 19.3. The maximum absolute atomic E-state index is 13.3. The number of carbonyl (C=O) groups excluding carboxylic acids is 1. The second-order valence-corrected chi connectivity index (χ2v) is 8.05. The van der Waals surface area contributed by atoms with E-state index in [1.807, 2.05) is 42.5 Å². The van der Waals surface area contributed by atoms with Crippen molar-refractivity contribution in [3.63, 3.8) is 0 Å². The van der Waals surface area contributed by atoms with Crippen molar-refractivity contribution < 1.29 is 14.7 Å². The summed E-state index contributed by atoms with van der Waals surface area (Å²) in [5.41, 5.74) is 2.79. The topological polar surface area (TPSA) is 57.6 Å². The standard InChI is InChI=1S/C23H16ClNO3S/c24-18-5-3-4-16(12-18)14-25-19-6-1-2-7-20(19)29-21(22(25)26)13-15-8-10-17(11-9-15)23(27)28/h1-13H,14H2,(H,27,28)/b21-13-. The second-order valence-electron chi connectivity index (χ2n) is 6.53. The number of aromatic carboxylic acids is 1. The molecule has 0 unspecified atom stereocenters. The first-order chi connectivity index (χ1) is 14.0. The normalized spacial score (nSPS) is 14.7. The average Bonchev–Trinajstić information content (AvgIpc) is 2.71. The molecule has 3 aromatic carbocycles. The largest absolute Gasteiger partial charge is 0.478 e. The lowest BCUT2D eigenvalue weighted by Crippen LogP contribution is -2.33. The highest BCUT2D eigenvalue weighted by molar-refractivity contribution is 8.04. The van der Waals surface area contributed by atoms with E-state index in [4.69, 9.17) is 16.7 Å². The summed E-state index contributed by atoms with van der Waals surface area (Å²) >= 11 is 7.52. The second kappa shape index (κ2) is 8.15. The monoisotopic (exact) mass is 421 g/mol. The number of carboxylic acids is 1. The molecule has 0 aromatic heterocycles. The molecule has 144 valence electrons. The maximum Gasteiger partial charge on any atom is 0.335 e. The molecule has 0 radical (unpaired) electrons. The van der Waals surface area contributed by atoms with Gasteiger partial charge < -0.3 is 10.0 Å². The van der Waals surface area contributed by atoms with Crippen LogP contribution in [0.2, 0.25) is 5.02 Å². The van der Waals surface area contributed by atoms with Gasteiger partial charge in [0.25, 0.3) is 5.91 Å². The van der Waals surface area contributed by atoms with Gasteiger partial charge in [-0.25, -0.2) is 4.79 Å². The van der Waals surface area contributed by atoms with E-state index in [1.165, 1.54) is 23.9 Å². The Morgan fingerprint density at radius 3 is 2.52 bits per heavy atom. The molecular weight excluding hydrogens is 406 g/mol. The number of para-hydroxylation sites is 1. The van der Waals surface area contributed by atoms with Crippen molar-refractivity contribution in [2.75, 3.05) is 4.90 Å². The van der Waals surface area contributed by atoms with Crippen LogP contribution in [0.25, 0.3) is 6.08 Å². The van der Waals surface area contributed by atoms with Crippen LogP contribution in [-0.2, 0) is 11.3 Å². The van der Waals surface area contributed by atoms with Crippen LogP contribution < -0.4 is 4.90 Å². The van der Waals surface area contributed by atoms with Crippen LogP contribution in [0.15, 0.2) is 82.6 Å². The van der Waals surface area contributed by atoms with Crippen LogP contribution in [0.5, 0.6) is 0 Å². The van der Waals surface area contributed by atoms with Crippen molar-refractivity contribution in [1.29, 1.82) is 0 Å². The number of halogens is 1. The Balaban J connectivity index is 1.70. The van der Waals surface area contributed by atoms with Gasteiger partial charge >= 0.3 is 5.97 Å². The summed E-state index contributed by atoms with van der Waals surface area (Å²) in [5.74, 6) is -1.08. The summed E-state index contributed by atoms with van der Waals surface area (Å²) in [6.45, 7) is 0.409. The fourth-order valence-corrected chi connectivity index (χ4v) is 4.38. The number of amides is 1. The summed E-state index contributed by atoms with van der Waals surface area (Å²) in [6.07, 6.45) is 1.79. The molecule has 0 spiro atoms. The lowest BCUT2D eigenvalue weighted by atomic mass is 10.1. The van der Waals surface area contributed by atoms with Gasteiger partial charge in [-0.15, -0.1) is 0 Å². The number of carboxylic acid groups (broad SMARTS) is 1. The van der Waals surface area contributed by atoms with Gasteiger partial charge in [0.2, 0.25) is 0 Å². The number of rotatable bonds is 4. The number of carbonyl (C=O) groups is 2. The Kier molecular flexibility index (Phi) is 5.43. The van der Waals surface area contributed by atoms with Crippen LogP contribution in [0.4, 0.5) is 5.69 Å². The minimum Gasteiger partial charge on any atom is -0.478 e. The Morgan fingerprint density at radius 1 is 1.03 bits per heavy atom. The maximum atomic E-state index is 13.3. The summed E-state index contributed by atoms with van der Waals surface area (Å²) in [7, 11) is 0. The van der Waals surface area contributed by atoms with E-state index in [1.54, 1.807) is 29.2 Å². The summed E-state index contributed by atoms with van der Waals surface area (Å²) in [4.78, 5) is 27.6. The highest BCUT2D eigenvalue weighted by Gasteiger charge is 2.29. The molecule has 4 rings (SSSR count). The van der Waals surface area contributed by atoms with E-state index in [-0.39, 0.29) is 11.5 Å². The van der Waals surface area contributed by atoms with Gasteiger partial charge in [-0.2, -0.15) is 0 Å². The first-order valence-electron chi connectivity index (χ1n) is 8.89.